The molecular weight excluding hydrogens is 746 g/mol. The van der Waals surface area contributed by atoms with Crippen molar-refractivity contribution in [1.82, 2.24) is 5.32 Å². The molecule has 0 unspecified atom stereocenters. The van der Waals surface area contributed by atoms with E-state index in [0.717, 1.165) is 59.6 Å². The van der Waals surface area contributed by atoms with Crippen LogP contribution in [0.1, 0.15) is 64.9 Å². The van der Waals surface area contributed by atoms with Gasteiger partial charge in [-0.3, -0.25) is 4.79 Å². The fourth-order valence-corrected chi connectivity index (χ4v) is 8.31. The summed E-state index contributed by atoms with van der Waals surface area (Å²) in [6, 6.07) is 18.0. The van der Waals surface area contributed by atoms with E-state index >= 15 is 0 Å². The van der Waals surface area contributed by atoms with E-state index in [4.69, 9.17) is 14.1 Å². The van der Waals surface area contributed by atoms with Crippen molar-refractivity contribution >= 4 is 73.6 Å². The van der Waals surface area contributed by atoms with Crippen LogP contribution >= 0.6 is 56.5 Å². The van der Waals surface area contributed by atoms with Gasteiger partial charge in [-0.05, 0) is 111 Å². The standard InChI is InChI=1S/C32H32I2N2O3S/c1-32(2,3)22-11-12-25-27(15-22)40-31(28(25)30(37)35-18-24-10-7-13-38-24)36-17-21-14-23(33)16-26(34)29(21)39-19-20-8-5-4-6-9-20/h4-10,13-14,16-17,22H,11-12,15,18-19H2,1-3H3,(H,35,37)/t22-/m1/s1. The number of furan rings is 1. The minimum Gasteiger partial charge on any atom is -0.487 e. The Morgan fingerprint density at radius 3 is 2.70 bits per heavy atom. The smallest absolute Gasteiger partial charge is 0.255 e. The highest BCUT2D eigenvalue weighted by Gasteiger charge is 2.33. The van der Waals surface area contributed by atoms with Gasteiger partial charge in [-0.25, -0.2) is 4.99 Å². The van der Waals surface area contributed by atoms with E-state index in [2.05, 4.69) is 95.5 Å². The lowest BCUT2D eigenvalue weighted by molar-refractivity contribution is 0.0947. The van der Waals surface area contributed by atoms with Crippen molar-refractivity contribution in [3.8, 4) is 5.75 Å². The van der Waals surface area contributed by atoms with Gasteiger partial charge in [0.25, 0.3) is 5.91 Å². The number of aliphatic imine (C=N–C) groups is 1. The third kappa shape index (κ3) is 6.99. The Labute approximate surface area is 267 Å². The Morgan fingerprint density at radius 1 is 1.18 bits per heavy atom. The lowest BCUT2D eigenvalue weighted by Gasteiger charge is -2.33. The van der Waals surface area contributed by atoms with Crippen LogP contribution in [0.3, 0.4) is 0 Å². The lowest BCUT2D eigenvalue weighted by atomic mass is 9.72. The van der Waals surface area contributed by atoms with Gasteiger partial charge in [0.05, 0.1) is 21.9 Å². The molecule has 2 aromatic heterocycles. The second kappa shape index (κ2) is 12.8. The molecule has 1 aliphatic rings. The number of fused-ring (bicyclic) bond motifs is 1. The number of rotatable bonds is 8. The van der Waals surface area contributed by atoms with Crippen molar-refractivity contribution in [3.63, 3.8) is 0 Å². The van der Waals surface area contributed by atoms with Gasteiger partial charge < -0.3 is 14.5 Å². The molecule has 0 bridgehead atoms. The predicted octanol–water partition coefficient (Wildman–Crippen LogP) is 8.96. The Balaban J connectivity index is 1.47. The van der Waals surface area contributed by atoms with Crippen LogP contribution in [0.15, 0.2) is 70.3 Å². The predicted molar refractivity (Wildman–Crippen MR) is 179 cm³/mol. The summed E-state index contributed by atoms with van der Waals surface area (Å²) in [5.74, 6) is 1.99. The molecule has 0 radical (unpaired) electrons. The Morgan fingerprint density at radius 2 is 1.98 bits per heavy atom. The van der Waals surface area contributed by atoms with Crippen molar-refractivity contribution in [2.75, 3.05) is 0 Å². The zero-order valence-electron chi connectivity index (χ0n) is 22.8. The van der Waals surface area contributed by atoms with Crippen LogP contribution in [0.2, 0.25) is 0 Å². The monoisotopic (exact) mass is 778 g/mol. The van der Waals surface area contributed by atoms with Gasteiger partial charge in [0.2, 0.25) is 0 Å². The molecule has 40 heavy (non-hydrogen) atoms. The first kappa shape index (κ1) is 29.3. The Hall–Kier alpha value is -2.18. The van der Waals surface area contributed by atoms with Crippen molar-refractivity contribution < 1.29 is 13.9 Å². The number of thiophene rings is 1. The normalized spacial score (nSPS) is 15.3. The first-order chi connectivity index (χ1) is 19.2. The Bertz CT molecular complexity index is 1510. The van der Waals surface area contributed by atoms with Crippen molar-refractivity contribution in [2.24, 2.45) is 16.3 Å². The summed E-state index contributed by atoms with van der Waals surface area (Å²) in [4.78, 5) is 19.8. The van der Waals surface area contributed by atoms with E-state index in [1.54, 1.807) is 17.6 Å². The van der Waals surface area contributed by atoms with Crippen LogP contribution in [-0.2, 0) is 26.0 Å². The molecule has 1 amide bonds. The molecule has 5 nitrogen and oxygen atoms in total. The van der Waals surface area contributed by atoms with Gasteiger partial charge in [0.1, 0.15) is 23.1 Å². The number of hydrogen-bond donors (Lipinski definition) is 1. The molecule has 208 valence electrons. The molecule has 5 rings (SSSR count). The number of ether oxygens (including phenoxy) is 1. The number of carbonyl (C=O) groups excluding carboxylic acids is 1. The number of nitrogens with one attached hydrogen (secondary N) is 1. The molecule has 0 aliphatic heterocycles. The van der Waals surface area contributed by atoms with Crippen LogP contribution in [0.4, 0.5) is 5.00 Å². The maximum atomic E-state index is 13.6. The van der Waals surface area contributed by atoms with E-state index in [0.29, 0.717) is 24.6 Å². The fraction of sp³-hybridized carbons (Fsp3) is 0.312. The summed E-state index contributed by atoms with van der Waals surface area (Å²) < 4.78 is 13.9. The highest BCUT2D eigenvalue weighted by atomic mass is 127. The van der Waals surface area contributed by atoms with Crippen LogP contribution in [0.25, 0.3) is 0 Å². The highest BCUT2D eigenvalue weighted by molar-refractivity contribution is 14.1. The molecule has 0 spiro atoms. The first-order valence-corrected chi connectivity index (χ1v) is 16.3. The number of halogens is 2. The third-order valence-electron chi connectivity index (χ3n) is 7.29. The third-order valence-corrected chi connectivity index (χ3v) is 9.87. The van der Waals surface area contributed by atoms with Gasteiger partial charge in [-0.2, -0.15) is 0 Å². The summed E-state index contributed by atoms with van der Waals surface area (Å²) in [6.07, 6.45) is 6.41. The number of benzene rings is 2. The van der Waals surface area contributed by atoms with E-state index in [-0.39, 0.29) is 11.3 Å². The topological polar surface area (TPSA) is 63.8 Å². The van der Waals surface area contributed by atoms with Crippen molar-refractivity contribution in [3.05, 3.63) is 101 Å². The summed E-state index contributed by atoms with van der Waals surface area (Å²) in [5.41, 5.74) is 4.06. The zero-order valence-corrected chi connectivity index (χ0v) is 27.9. The molecule has 0 fully saturated rings. The van der Waals surface area contributed by atoms with E-state index < -0.39 is 0 Å². The molecule has 2 heterocycles. The number of carbonyl (C=O) groups is 1. The molecule has 2 aromatic carbocycles. The van der Waals surface area contributed by atoms with E-state index in [1.807, 2.05) is 36.5 Å². The van der Waals surface area contributed by atoms with Gasteiger partial charge in [0.15, 0.2) is 0 Å². The van der Waals surface area contributed by atoms with Crippen molar-refractivity contribution in [1.29, 1.82) is 0 Å². The molecule has 1 N–H and O–H groups in total. The van der Waals surface area contributed by atoms with Gasteiger partial charge in [0, 0.05) is 20.2 Å². The van der Waals surface area contributed by atoms with Crippen LogP contribution < -0.4 is 10.1 Å². The zero-order chi connectivity index (χ0) is 28.3. The van der Waals surface area contributed by atoms with Gasteiger partial charge in [-0.1, -0.05) is 51.1 Å². The largest absolute Gasteiger partial charge is 0.487 e. The minimum absolute atomic E-state index is 0.104. The summed E-state index contributed by atoms with van der Waals surface area (Å²) in [6.45, 7) is 7.74. The first-order valence-electron chi connectivity index (χ1n) is 13.3. The molecule has 1 aliphatic carbocycles. The maximum absolute atomic E-state index is 13.6. The second-order valence-corrected chi connectivity index (χ2v) is 14.6. The summed E-state index contributed by atoms with van der Waals surface area (Å²) >= 11 is 6.29. The fourth-order valence-electron chi connectivity index (χ4n) is 4.99. The second-order valence-electron chi connectivity index (χ2n) is 11.1. The molecule has 1 atom stereocenters. The number of hydrogen-bond acceptors (Lipinski definition) is 5. The molecular formula is C32H32I2N2O3S. The van der Waals surface area contributed by atoms with Gasteiger partial charge >= 0.3 is 0 Å². The van der Waals surface area contributed by atoms with Gasteiger partial charge in [-0.15, -0.1) is 11.3 Å². The molecule has 4 aromatic rings. The Kier molecular flexibility index (Phi) is 9.36. The summed E-state index contributed by atoms with van der Waals surface area (Å²) in [5, 5.41) is 3.81. The van der Waals surface area contributed by atoms with Crippen molar-refractivity contribution in [2.45, 2.75) is 53.2 Å². The van der Waals surface area contributed by atoms with Crippen LogP contribution in [0.5, 0.6) is 5.75 Å². The lowest BCUT2D eigenvalue weighted by Crippen LogP contribution is -2.28. The quantitative estimate of drug-likeness (QED) is 0.144. The van der Waals surface area contributed by atoms with Crippen LogP contribution in [0, 0.1) is 18.5 Å². The minimum atomic E-state index is -0.104. The average Bonchev–Trinajstić information content (AvgIpc) is 3.57. The van der Waals surface area contributed by atoms with E-state index in [9.17, 15) is 4.79 Å². The maximum Gasteiger partial charge on any atom is 0.255 e. The average molecular weight is 778 g/mol. The molecule has 0 saturated carbocycles. The molecule has 0 saturated heterocycles. The number of amides is 1. The van der Waals surface area contributed by atoms with E-state index in [1.165, 1.54) is 4.88 Å². The number of nitrogens with zero attached hydrogens (tertiary/aromatic N) is 1. The SMILES string of the molecule is CC(C)(C)[C@@H]1CCc2c(sc(N=Cc3cc(I)cc(I)c3OCc3ccccc3)c2C(=O)NCc2ccco2)C1. The van der Waals surface area contributed by atoms with Crippen LogP contribution in [-0.4, -0.2) is 12.1 Å². The summed E-state index contributed by atoms with van der Waals surface area (Å²) in [7, 11) is 0. The highest BCUT2D eigenvalue weighted by Crippen LogP contribution is 2.45. The molecule has 8 heteroatoms.